The minimum absolute atomic E-state index is 0.0196. The van der Waals surface area contributed by atoms with Crippen LogP contribution in [0.5, 0.6) is 0 Å². The fourth-order valence-corrected chi connectivity index (χ4v) is 2.52. The van der Waals surface area contributed by atoms with Crippen LogP contribution in [0.15, 0.2) is 16.6 Å². The molecule has 0 bridgehead atoms. The molecule has 1 aromatic rings. The number of hydrogen-bond acceptors (Lipinski definition) is 3. The Labute approximate surface area is 124 Å². The van der Waals surface area contributed by atoms with Crippen molar-refractivity contribution in [1.82, 2.24) is 5.32 Å². The highest BCUT2D eigenvalue weighted by Crippen LogP contribution is 2.23. The first kappa shape index (κ1) is 15.5. The van der Waals surface area contributed by atoms with E-state index in [1.54, 1.807) is 0 Å². The van der Waals surface area contributed by atoms with Gasteiger partial charge in [0.05, 0.1) is 22.7 Å². The molecule has 1 heterocycles. The second kappa shape index (κ2) is 7.24. The maximum Gasteiger partial charge on any atom is 0.171 e. The lowest BCUT2D eigenvalue weighted by Gasteiger charge is -2.22. The molecule has 0 spiro atoms. The summed E-state index contributed by atoms with van der Waals surface area (Å²) in [6, 6.07) is 2.32. The molecule has 0 saturated carbocycles. The summed E-state index contributed by atoms with van der Waals surface area (Å²) in [5.41, 5.74) is -0.492. The van der Waals surface area contributed by atoms with Gasteiger partial charge < -0.3 is 10.1 Å². The van der Waals surface area contributed by atoms with Crippen LogP contribution in [-0.4, -0.2) is 31.6 Å². The first-order valence-electron chi connectivity index (χ1n) is 6.58. The summed E-state index contributed by atoms with van der Waals surface area (Å²) in [6.45, 7) is 1.98. The summed E-state index contributed by atoms with van der Waals surface area (Å²) in [4.78, 5) is 11.9. The van der Waals surface area contributed by atoms with Crippen molar-refractivity contribution in [2.45, 2.75) is 25.4 Å². The molecule has 0 amide bonds. The SMILES string of the molecule is O=C(CCOC1CCNCC1)c1c(F)ccc(Br)c1F. The van der Waals surface area contributed by atoms with Crippen molar-refractivity contribution in [1.29, 1.82) is 0 Å². The van der Waals surface area contributed by atoms with Crippen molar-refractivity contribution >= 4 is 21.7 Å². The molecule has 1 aromatic carbocycles. The quantitative estimate of drug-likeness (QED) is 0.657. The lowest BCUT2D eigenvalue weighted by atomic mass is 10.1. The average Bonchev–Trinajstić information content (AvgIpc) is 2.44. The van der Waals surface area contributed by atoms with E-state index in [2.05, 4.69) is 21.2 Å². The van der Waals surface area contributed by atoms with E-state index in [-0.39, 0.29) is 23.6 Å². The molecule has 1 aliphatic rings. The van der Waals surface area contributed by atoms with E-state index in [0.717, 1.165) is 32.0 Å². The molecule has 3 nitrogen and oxygen atoms in total. The minimum atomic E-state index is -0.850. The topological polar surface area (TPSA) is 38.3 Å². The Morgan fingerprint density at radius 1 is 1.35 bits per heavy atom. The van der Waals surface area contributed by atoms with E-state index < -0.39 is 23.0 Å². The van der Waals surface area contributed by atoms with Crippen LogP contribution in [0.25, 0.3) is 0 Å². The van der Waals surface area contributed by atoms with Crippen LogP contribution in [0.3, 0.4) is 0 Å². The van der Waals surface area contributed by atoms with Gasteiger partial charge in [-0.15, -0.1) is 0 Å². The number of carbonyl (C=O) groups excluding carboxylic acids is 1. The Morgan fingerprint density at radius 2 is 2.05 bits per heavy atom. The Hall–Kier alpha value is -0.850. The number of piperidine rings is 1. The molecule has 1 aliphatic heterocycles. The molecule has 1 fully saturated rings. The third-order valence-corrected chi connectivity index (χ3v) is 3.90. The highest BCUT2D eigenvalue weighted by atomic mass is 79.9. The number of carbonyl (C=O) groups is 1. The average molecular weight is 348 g/mol. The molecule has 1 N–H and O–H groups in total. The summed E-state index contributed by atoms with van der Waals surface area (Å²) in [6.07, 6.45) is 1.90. The first-order chi connectivity index (χ1) is 9.59. The smallest absolute Gasteiger partial charge is 0.171 e. The standard InChI is InChI=1S/C14H16BrF2NO2/c15-10-1-2-11(16)13(14(10)17)12(19)5-8-20-9-3-6-18-7-4-9/h1-2,9,18H,3-8H2. The maximum absolute atomic E-state index is 13.7. The van der Waals surface area contributed by atoms with Gasteiger partial charge in [0, 0.05) is 6.42 Å². The van der Waals surface area contributed by atoms with Crippen LogP contribution in [0, 0.1) is 11.6 Å². The summed E-state index contributed by atoms with van der Waals surface area (Å²) >= 11 is 2.95. The molecular weight excluding hydrogens is 332 g/mol. The number of Topliss-reactive ketones (excluding diaryl/α,β-unsaturated/α-hetero) is 1. The molecule has 0 radical (unpaired) electrons. The first-order valence-corrected chi connectivity index (χ1v) is 7.38. The van der Waals surface area contributed by atoms with E-state index in [9.17, 15) is 13.6 Å². The van der Waals surface area contributed by atoms with E-state index in [4.69, 9.17) is 4.74 Å². The molecule has 1 saturated heterocycles. The zero-order valence-corrected chi connectivity index (χ0v) is 12.5. The summed E-state index contributed by atoms with van der Waals surface area (Å²) in [5.74, 6) is -2.26. The lowest BCUT2D eigenvalue weighted by Crippen LogP contribution is -2.32. The van der Waals surface area contributed by atoms with E-state index in [1.807, 2.05) is 0 Å². The second-order valence-electron chi connectivity index (χ2n) is 4.71. The zero-order valence-electron chi connectivity index (χ0n) is 10.9. The van der Waals surface area contributed by atoms with Gasteiger partial charge in [-0.1, -0.05) is 0 Å². The van der Waals surface area contributed by atoms with Crippen molar-refractivity contribution in [3.63, 3.8) is 0 Å². The van der Waals surface area contributed by atoms with Crippen LogP contribution >= 0.6 is 15.9 Å². The second-order valence-corrected chi connectivity index (χ2v) is 5.57. The summed E-state index contributed by atoms with van der Waals surface area (Å²) in [5, 5.41) is 3.21. The van der Waals surface area contributed by atoms with Gasteiger partial charge in [0.15, 0.2) is 11.6 Å². The summed E-state index contributed by atoms with van der Waals surface area (Å²) < 4.78 is 32.9. The van der Waals surface area contributed by atoms with Crippen molar-refractivity contribution in [3.8, 4) is 0 Å². The predicted molar refractivity (Wildman–Crippen MR) is 74.8 cm³/mol. The van der Waals surface area contributed by atoms with Crippen molar-refractivity contribution < 1.29 is 18.3 Å². The molecule has 110 valence electrons. The van der Waals surface area contributed by atoms with Crippen molar-refractivity contribution in [2.75, 3.05) is 19.7 Å². The Balaban J connectivity index is 1.90. The lowest BCUT2D eigenvalue weighted by molar-refractivity contribution is 0.0312. The number of ketones is 1. The van der Waals surface area contributed by atoms with Crippen LogP contribution < -0.4 is 5.32 Å². The fraction of sp³-hybridized carbons (Fsp3) is 0.500. The number of nitrogens with one attached hydrogen (secondary N) is 1. The molecule has 20 heavy (non-hydrogen) atoms. The van der Waals surface area contributed by atoms with Gasteiger partial charge in [0.1, 0.15) is 5.82 Å². The van der Waals surface area contributed by atoms with Gasteiger partial charge in [0.25, 0.3) is 0 Å². The van der Waals surface area contributed by atoms with Gasteiger partial charge in [0.2, 0.25) is 0 Å². The number of benzene rings is 1. The van der Waals surface area contributed by atoms with Crippen LogP contribution in [0.2, 0.25) is 0 Å². The van der Waals surface area contributed by atoms with Gasteiger partial charge >= 0.3 is 0 Å². The third kappa shape index (κ3) is 3.84. The molecule has 2 rings (SSSR count). The molecule has 0 atom stereocenters. The van der Waals surface area contributed by atoms with E-state index in [0.29, 0.717) is 0 Å². The van der Waals surface area contributed by atoms with Crippen LogP contribution in [0.1, 0.15) is 29.6 Å². The van der Waals surface area contributed by atoms with Gasteiger partial charge in [-0.25, -0.2) is 8.78 Å². The van der Waals surface area contributed by atoms with E-state index >= 15 is 0 Å². The minimum Gasteiger partial charge on any atom is -0.378 e. The highest BCUT2D eigenvalue weighted by Gasteiger charge is 2.20. The zero-order chi connectivity index (χ0) is 14.5. The van der Waals surface area contributed by atoms with E-state index in [1.165, 1.54) is 6.07 Å². The Kier molecular flexibility index (Phi) is 5.63. The Bertz CT molecular complexity index is 490. The predicted octanol–water partition coefficient (Wildman–Crippen LogP) is 3.07. The molecule has 0 aromatic heterocycles. The van der Waals surface area contributed by atoms with Gasteiger partial charge in [-0.05, 0) is 54.0 Å². The van der Waals surface area contributed by atoms with Gasteiger partial charge in [-0.3, -0.25) is 4.79 Å². The fourth-order valence-electron chi connectivity index (χ4n) is 2.19. The molecule has 6 heteroatoms. The number of halogens is 3. The van der Waals surface area contributed by atoms with Crippen LogP contribution in [-0.2, 0) is 4.74 Å². The van der Waals surface area contributed by atoms with Crippen molar-refractivity contribution in [3.05, 3.63) is 33.8 Å². The van der Waals surface area contributed by atoms with Crippen LogP contribution in [0.4, 0.5) is 8.78 Å². The monoisotopic (exact) mass is 347 g/mol. The number of hydrogen-bond donors (Lipinski definition) is 1. The normalized spacial score (nSPS) is 16.4. The maximum atomic E-state index is 13.7. The largest absolute Gasteiger partial charge is 0.378 e. The molecular formula is C14H16BrF2NO2. The highest BCUT2D eigenvalue weighted by molar-refractivity contribution is 9.10. The number of rotatable bonds is 5. The third-order valence-electron chi connectivity index (χ3n) is 3.29. The summed E-state index contributed by atoms with van der Waals surface area (Å²) in [7, 11) is 0. The van der Waals surface area contributed by atoms with Gasteiger partial charge in [-0.2, -0.15) is 0 Å². The number of ether oxygens (including phenoxy) is 1. The molecule has 0 aliphatic carbocycles. The molecule has 0 unspecified atom stereocenters. The van der Waals surface area contributed by atoms with Crippen molar-refractivity contribution in [2.24, 2.45) is 0 Å². The Morgan fingerprint density at radius 3 is 2.75 bits per heavy atom.